The molecule has 5 nitrogen and oxygen atoms in total. The molecule has 0 aliphatic carbocycles. The molecule has 0 aliphatic rings. The van der Waals surface area contributed by atoms with E-state index in [-0.39, 0.29) is 0 Å². The Morgan fingerprint density at radius 2 is 1.84 bits per heavy atom. The summed E-state index contributed by atoms with van der Waals surface area (Å²) in [5, 5.41) is 3.55. The average molecular weight is 279 g/mol. The Hall–Kier alpha value is -1.66. The molecule has 19 heavy (non-hydrogen) atoms. The Labute approximate surface area is 113 Å². The van der Waals surface area contributed by atoms with E-state index >= 15 is 0 Å². The van der Waals surface area contributed by atoms with Crippen molar-refractivity contribution >= 4 is 9.84 Å². The van der Waals surface area contributed by atoms with Crippen LogP contribution in [0.1, 0.15) is 18.7 Å². The number of nitrogens with zero attached hydrogens (tertiary/aromatic N) is 2. The molecule has 1 aromatic heterocycles. The third kappa shape index (κ3) is 2.85. The molecule has 2 N–H and O–H groups in total. The molecule has 6 heteroatoms. The Kier molecular flexibility index (Phi) is 3.73. The number of rotatable bonds is 4. The number of hydrogen-bond acceptors (Lipinski definition) is 4. The fourth-order valence-electron chi connectivity index (χ4n) is 1.86. The summed E-state index contributed by atoms with van der Waals surface area (Å²) in [7, 11) is -3.19. The first kappa shape index (κ1) is 13.8. The minimum absolute atomic E-state index is 0.613. The molecule has 2 rings (SSSR count). The molecule has 0 saturated heterocycles. The lowest BCUT2D eigenvalue weighted by Crippen LogP contribution is -2.32. The maximum Gasteiger partial charge on any atom is 0.151 e. The van der Waals surface area contributed by atoms with Gasteiger partial charge in [-0.1, -0.05) is 18.2 Å². The van der Waals surface area contributed by atoms with Gasteiger partial charge in [0.25, 0.3) is 0 Å². The highest BCUT2D eigenvalue weighted by atomic mass is 32.2. The second kappa shape index (κ2) is 5.14. The Balaban J connectivity index is 2.41. The zero-order valence-electron chi connectivity index (χ0n) is 10.9. The number of hydrogen-bond donors (Lipinski definition) is 1. The van der Waals surface area contributed by atoms with Gasteiger partial charge >= 0.3 is 0 Å². The third-order valence-corrected chi connectivity index (χ3v) is 4.84. The van der Waals surface area contributed by atoms with Gasteiger partial charge < -0.3 is 5.73 Å². The Morgan fingerprint density at radius 3 is 2.42 bits per heavy atom. The first-order chi connectivity index (χ1) is 8.91. The monoisotopic (exact) mass is 279 g/mol. The van der Waals surface area contributed by atoms with Crippen LogP contribution in [0.15, 0.2) is 42.6 Å². The second-order valence-corrected chi connectivity index (χ2v) is 6.97. The molecule has 0 aliphatic heterocycles. The average Bonchev–Trinajstić information content (AvgIpc) is 2.86. The molecule has 0 amide bonds. The predicted octanol–water partition coefficient (Wildman–Crippen LogP) is 1.31. The lowest BCUT2D eigenvalue weighted by atomic mass is 10.1. The van der Waals surface area contributed by atoms with Gasteiger partial charge in [-0.3, -0.25) is 0 Å². The van der Waals surface area contributed by atoms with Crippen LogP contribution in [0.4, 0.5) is 0 Å². The zero-order valence-corrected chi connectivity index (χ0v) is 11.7. The minimum atomic E-state index is -3.19. The van der Waals surface area contributed by atoms with Gasteiger partial charge in [0, 0.05) is 12.5 Å². The van der Waals surface area contributed by atoms with E-state index in [2.05, 4.69) is 5.10 Å². The number of para-hydroxylation sites is 1. The van der Waals surface area contributed by atoms with Gasteiger partial charge in [-0.05, 0) is 25.1 Å². The van der Waals surface area contributed by atoms with Crippen LogP contribution in [0.25, 0.3) is 5.69 Å². The summed E-state index contributed by atoms with van der Waals surface area (Å²) in [5.41, 5.74) is 7.61. The van der Waals surface area contributed by atoms with E-state index in [4.69, 9.17) is 5.73 Å². The topological polar surface area (TPSA) is 78.0 Å². The van der Waals surface area contributed by atoms with Gasteiger partial charge in [0.2, 0.25) is 0 Å². The van der Waals surface area contributed by atoms with E-state index in [1.54, 1.807) is 23.9 Å². The van der Waals surface area contributed by atoms with Gasteiger partial charge in [-0.25, -0.2) is 13.1 Å². The van der Waals surface area contributed by atoms with Gasteiger partial charge in [0.05, 0.1) is 22.7 Å². The van der Waals surface area contributed by atoms with Gasteiger partial charge in [0.15, 0.2) is 9.84 Å². The Morgan fingerprint density at radius 1 is 1.21 bits per heavy atom. The summed E-state index contributed by atoms with van der Waals surface area (Å²) < 4.78 is 24.9. The summed E-state index contributed by atoms with van der Waals surface area (Å²) in [6.45, 7) is 1.61. The molecule has 2 aromatic rings. The lowest BCUT2D eigenvalue weighted by molar-refractivity contribution is 0.561. The Bertz CT molecular complexity index is 650. The van der Waals surface area contributed by atoms with Crippen molar-refractivity contribution in [3.63, 3.8) is 0 Å². The maximum absolute atomic E-state index is 11.6. The quantitative estimate of drug-likeness (QED) is 0.915. The second-order valence-electron chi connectivity index (χ2n) is 4.56. The van der Waals surface area contributed by atoms with Crippen molar-refractivity contribution in [2.45, 2.75) is 18.2 Å². The maximum atomic E-state index is 11.6. The van der Waals surface area contributed by atoms with E-state index in [0.29, 0.717) is 5.69 Å². The van der Waals surface area contributed by atoms with Crippen LogP contribution in [0.3, 0.4) is 0 Å². The molecule has 0 spiro atoms. The van der Waals surface area contributed by atoms with E-state index in [1.165, 1.54) is 6.26 Å². The van der Waals surface area contributed by atoms with Crippen molar-refractivity contribution in [3.8, 4) is 5.69 Å². The van der Waals surface area contributed by atoms with Crippen molar-refractivity contribution in [3.05, 3.63) is 48.3 Å². The summed E-state index contributed by atoms with van der Waals surface area (Å²) in [6, 6.07) is 10.6. The standard InChI is InChI=1S/C13H17N3O2S/c1-10(19(2,17)18)13(14)12-8-9-15-16(12)11-6-4-3-5-7-11/h3-10,13H,14H2,1-2H3. The molecular formula is C13H17N3O2S. The molecule has 1 aromatic carbocycles. The molecule has 2 atom stereocenters. The molecule has 102 valence electrons. The highest BCUT2D eigenvalue weighted by Gasteiger charge is 2.26. The van der Waals surface area contributed by atoms with Crippen LogP contribution in [0.5, 0.6) is 0 Å². The normalized spacial score (nSPS) is 15.1. The smallest absolute Gasteiger partial charge is 0.151 e. The van der Waals surface area contributed by atoms with Crippen LogP contribution < -0.4 is 5.73 Å². The molecular weight excluding hydrogens is 262 g/mol. The van der Waals surface area contributed by atoms with Crippen molar-refractivity contribution in [2.75, 3.05) is 6.26 Å². The molecule has 0 fully saturated rings. The molecule has 0 saturated carbocycles. The van der Waals surface area contributed by atoms with Crippen molar-refractivity contribution in [1.29, 1.82) is 0 Å². The molecule has 1 heterocycles. The number of aromatic nitrogens is 2. The van der Waals surface area contributed by atoms with Gasteiger partial charge in [-0.2, -0.15) is 5.10 Å². The fourth-order valence-corrected chi connectivity index (χ4v) is 2.53. The van der Waals surface area contributed by atoms with Crippen LogP contribution >= 0.6 is 0 Å². The minimum Gasteiger partial charge on any atom is -0.322 e. The first-order valence-corrected chi connectivity index (χ1v) is 7.90. The summed E-state index contributed by atoms with van der Waals surface area (Å²) in [4.78, 5) is 0. The predicted molar refractivity (Wildman–Crippen MR) is 74.8 cm³/mol. The largest absolute Gasteiger partial charge is 0.322 e. The van der Waals surface area contributed by atoms with Crippen molar-refractivity contribution in [2.24, 2.45) is 5.73 Å². The van der Waals surface area contributed by atoms with Gasteiger partial charge in [-0.15, -0.1) is 0 Å². The molecule has 0 bridgehead atoms. The summed E-state index contributed by atoms with van der Waals surface area (Å²) in [5.74, 6) is 0. The van der Waals surface area contributed by atoms with E-state index in [0.717, 1.165) is 5.69 Å². The molecule has 0 radical (unpaired) electrons. The highest BCUT2D eigenvalue weighted by molar-refractivity contribution is 7.91. The zero-order chi connectivity index (χ0) is 14.0. The van der Waals surface area contributed by atoms with Crippen LogP contribution in [-0.2, 0) is 9.84 Å². The SMILES string of the molecule is CC(C(N)c1ccnn1-c1ccccc1)S(C)(=O)=O. The van der Waals surface area contributed by atoms with Crippen molar-refractivity contribution < 1.29 is 8.42 Å². The lowest BCUT2D eigenvalue weighted by Gasteiger charge is -2.19. The third-order valence-electron chi connectivity index (χ3n) is 3.20. The van der Waals surface area contributed by atoms with E-state index in [9.17, 15) is 8.42 Å². The first-order valence-electron chi connectivity index (χ1n) is 5.95. The van der Waals surface area contributed by atoms with Crippen molar-refractivity contribution in [1.82, 2.24) is 9.78 Å². The summed E-state index contributed by atoms with van der Waals surface area (Å²) in [6.07, 6.45) is 2.82. The van der Waals surface area contributed by atoms with E-state index < -0.39 is 21.1 Å². The van der Waals surface area contributed by atoms with Gasteiger partial charge in [0.1, 0.15) is 0 Å². The van der Waals surface area contributed by atoms with Crippen LogP contribution in [-0.4, -0.2) is 29.7 Å². The summed E-state index contributed by atoms with van der Waals surface area (Å²) >= 11 is 0. The van der Waals surface area contributed by atoms with Crippen LogP contribution in [0, 0.1) is 0 Å². The number of sulfone groups is 1. The van der Waals surface area contributed by atoms with E-state index in [1.807, 2.05) is 30.3 Å². The fraction of sp³-hybridized carbons (Fsp3) is 0.308. The number of benzene rings is 1. The van der Waals surface area contributed by atoms with Crippen LogP contribution in [0.2, 0.25) is 0 Å². The highest BCUT2D eigenvalue weighted by Crippen LogP contribution is 2.21. The number of nitrogens with two attached hydrogens (primary N) is 1. The molecule has 2 unspecified atom stereocenters.